The Kier molecular flexibility index (Phi) is 74.1. The maximum atomic E-state index is 12.9. The van der Waals surface area contributed by atoms with Crippen molar-refractivity contribution < 1.29 is 42.9 Å². The van der Waals surface area contributed by atoms with Gasteiger partial charge in [0.2, 0.25) is 0 Å². The van der Waals surface area contributed by atoms with Crippen molar-refractivity contribution in [1.82, 2.24) is 0 Å². The highest BCUT2D eigenvalue weighted by atomic mass is 16.7. The molecule has 0 heterocycles. The second-order valence-corrected chi connectivity index (χ2v) is 27.6. The Bertz CT molecular complexity index is 2240. The van der Waals surface area contributed by atoms with Crippen LogP contribution < -0.4 is 5.11 Å². The van der Waals surface area contributed by atoms with Gasteiger partial charge < -0.3 is 33.3 Å². The average Bonchev–Trinajstić information content (AvgIpc) is 1.57. The summed E-state index contributed by atoms with van der Waals surface area (Å²) in [6, 6.07) is 0. The third kappa shape index (κ3) is 79.8. The Morgan fingerprint density at radius 1 is 0.303 bits per heavy atom. The number of esters is 2. The van der Waals surface area contributed by atoms with E-state index in [2.05, 4.69) is 184 Å². The molecule has 0 aliphatic rings. The molecule has 0 radical (unpaired) electrons. The largest absolute Gasteiger partial charge is 0.545 e. The number of hydrogen-bond acceptors (Lipinski definition) is 8. The van der Waals surface area contributed by atoms with Crippen LogP contribution in [-0.2, 0) is 33.3 Å². The highest BCUT2D eigenvalue weighted by molar-refractivity contribution is 5.70. The molecule has 0 spiro atoms. The number of nitrogens with zero attached hydrogens (tertiary/aromatic N) is 1. The summed E-state index contributed by atoms with van der Waals surface area (Å²) in [6.07, 6.45) is 115. The highest BCUT2D eigenvalue weighted by Gasteiger charge is 2.22. The summed E-state index contributed by atoms with van der Waals surface area (Å²) in [5.41, 5.74) is 0. The van der Waals surface area contributed by atoms with E-state index in [9.17, 15) is 19.5 Å². The SMILES string of the molecule is CC/C=C\C/C=C\C/C=C\C/C=C\C/C=C\C/C=C\C/C=C\C/C=C\C/C=C\C/C=C\CCCCC(=O)OC(COC(=O)CCCCCCCCCCCCCCCCCCCCCCCCCCCCCC/C=C\C/C=C\C/C=C\C/C=C\CC)COC(OCC[N+](C)(C)C)C(=O)[O-]. The predicted molar refractivity (Wildman–Crippen MR) is 425 cm³/mol. The van der Waals surface area contributed by atoms with Crippen molar-refractivity contribution in [2.75, 3.05) is 47.5 Å². The fraction of sp³-hybridized carbons (Fsp3) is 0.656. The Morgan fingerprint density at radius 3 is 0.828 bits per heavy atom. The molecule has 0 aromatic rings. The number of carboxylic acid groups (broad SMARTS) is 1. The van der Waals surface area contributed by atoms with E-state index in [0.717, 1.165) is 122 Å². The van der Waals surface area contributed by atoms with Crippen molar-refractivity contribution in [3.8, 4) is 0 Å². The van der Waals surface area contributed by atoms with Crippen molar-refractivity contribution in [3.63, 3.8) is 0 Å². The average molecular weight is 1370 g/mol. The lowest BCUT2D eigenvalue weighted by Gasteiger charge is -2.26. The number of carbonyl (C=O) groups excluding carboxylic acids is 3. The van der Waals surface area contributed by atoms with Gasteiger partial charge >= 0.3 is 11.9 Å². The third-order valence-electron chi connectivity index (χ3n) is 17.0. The first-order valence-corrected chi connectivity index (χ1v) is 40.3. The van der Waals surface area contributed by atoms with Gasteiger partial charge in [0.25, 0.3) is 0 Å². The first-order chi connectivity index (χ1) is 48.6. The number of unbranched alkanes of at least 4 members (excludes halogenated alkanes) is 30. The molecule has 0 aromatic carbocycles. The first kappa shape index (κ1) is 93.6. The van der Waals surface area contributed by atoms with Gasteiger partial charge in [0.1, 0.15) is 13.2 Å². The maximum Gasteiger partial charge on any atom is 0.306 e. The zero-order chi connectivity index (χ0) is 71.8. The highest BCUT2D eigenvalue weighted by Crippen LogP contribution is 2.18. The number of quaternary nitrogens is 1. The van der Waals surface area contributed by atoms with Gasteiger partial charge in [0.05, 0.1) is 40.3 Å². The number of likely N-dealkylation sites (N-methyl/N-ethyl adjacent to an activating group) is 1. The molecule has 0 aromatic heterocycles. The van der Waals surface area contributed by atoms with E-state index in [1.54, 1.807) is 0 Å². The zero-order valence-electron chi connectivity index (χ0n) is 64.3. The van der Waals surface area contributed by atoms with Gasteiger partial charge in [0.15, 0.2) is 12.4 Å². The molecule has 0 N–H and O–H groups in total. The van der Waals surface area contributed by atoms with Crippen LogP contribution in [0, 0.1) is 0 Å². The van der Waals surface area contributed by atoms with Gasteiger partial charge in [-0.05, 0) is 128 Å². The van der Waals surface area contributed by atoms with Crippen LogP contribution in [0.3, 0.4) is 0 Å². The maximum absolute atomic E-state index is 12.9. The lowest BCUT2D eigenvalue weighted by Crippen LogP contribution is -2.44. The van der Waals surface area contributed by atoms with Gasteiger partial charge in [-0.1, -0.05) is 351 Å². The second kappa shape index (κ2) is 78.4. The molecule has 0 saturated heterocycles. The molecule has 2 atom stereocenters. The number of ether oxygens (including phenoxy) is 4. The van der Waals surface area contributed by atoms with Crippen LogP contribution in [0.4, 0.5) is 0 Å². The van der Waals surface area contributed by atoms with E-state index in [4.69, 9.17) is 18.9 Å². The number of hydrogen-bond donors (Lipinski definition) is 0. The molecule has 0 amide bonds. The van der Waals surface area contributed by atoms with Gasteiger partial charge in [0, 0.05) is 12.8 Å². The molecule has 99 heavy (non-hydrogen) atoms. The third-order valence-corrected chi connectivity index (χ3v) is 17.0. The van der Waals surface area contributed by atoms with Crippen LogP contribution in [0.1, 0.15) is 322 Å². The number of rotatable bonds is 73. The molecule has 9 heteroatoms. The summed E-state index contributed by atoms with van der Waals surface area (Å²) in [5, 5.41) is 11.9. The molecule has 0 bridgehead atoms. The van der Waals surface area contributed by atoms with Gasteiger partial charge in [-0.25, -0.2) is 0 Å². The standard InChI is InChI=1S/C90H149NO8/c1-6-8-10-12-14-16-18-20-22-24-26-28-30-32-34-36-38-40-41-42-43-44-45-46-47-49-50-52-54-56-58-60-62-64-66-68-70-72-74-76-78-80-87(92)97-84-86(85-98-90(89(94)95)96-83-82-91(3,4)5)99-88(93)81-79-77-75-73-71-69-67-65-63-61-59-57-55-53-51-48-39-37-35-33-31-29-27-25-23-21-19-17-15-13-11-9-7-2/h8-11,14-17,20-23,26-29,33,35,39,48,53,55,59,61,65,67,71,73,86,90H,6-7,12-13,18-19,24-25,30-32,34,36-38,40-47,49-52,54,56-58,60,62-64,66,68-70,72,74-85H2,1-5H3/b10-8-,11-9-,16-14-,17-15-,22-20-,23-21-,28-26-,29-27-,35-33-,48-39-,55-53-,61-59-,67-65-,73-71-. The molecule has 9 nitrogen and oxygen atoms in total. The van der Waals surface area contributed by atoms with Crippen molar-refractivity contribution in [1.29, 1.82) is 0 Å². The van der Waals surface area contributed by atoms with E-state index < -0.39 is 24.3 Å². The minimum absolute atomic E-state index is 0.132. The fourth-order valence-corrected chi connectivity index (χ4v) is 10.9. The molecule has 2 unspecified atom stereocenters. The molecule has 0 saturated carbocycles. The van der Waals surface area contributed by atoms with Gasteiger partial charge in [-0.3, -0.25) is 9.59 Å². The molecular formula is C90H149NO8. The van der Waals surface area contributed by atoms with Crippen LogP contribution in [-0.4, -0.2) is 82.3 Å². The van der Waals surface area contributed by atoms with Gasteiger partial charge in [-0.15, -0.1) is 0 Å². The van der Waals surface area contributed by atoms with E-state index in [0.29, 0.717) is 17.4 Å². The topological polar surface area (TPSA) is 111 Å². The summed E-state index contributed by atoms with van der Waals surface area (Å²) >= 11 is 0. The predicted octanol–water partition coefficient (Wildman–Crippen LogP) is 24.8. The fourth-order valence-electron chi connectivity index (χ4n) is 10.9. The number of allylic oxidation sites excluding steroid dienone is 28. The monoisotopic (exact) mass is 1370 g/mol. The molecule has 0 rings (SSSR count). The second-order valence-electron chi connectivity index (χ2n) is 27.6. The normalized spacial score (nSPS) is 13.6. The zero-order valence-corrected chi connectivity index (χ0v) is 64.3. The molecule has 562 valence electrons. The smallest absolute Gasteiger partial charge is 0.306 e. The van der Waals surface area contributed by atoms with E-state index in [1.807, 2.05) is 21.1 Å². The van der Waals surface area contributed by atoms with E-state index >= 15 is 0 Å². The van der Waals surface area contributed by atoms with Crippen molar-refractivity contribution in [3.05, 3.63) is 170 Å². The minimum Gasteiger partial charge on any atom is -0.545 e. The Balaban J connectivity index is 4.08. The van der Waals surface area contributed by atoms with Crippen LogP contribution in [0.25, 0.3) is 0 Å². The summed E-state index contributed by atoms with van der Waals surface area (Å²) in [4.78, 5) is 37.6. The lowest BCUT2D eigenvalue weighted by molar-refractivity contribution is -0.870. The number of aliphatic carboxylic acids is 1. The Morgan fingerprint density at radius 2 is 0.545 bits per heavy atom. The van der Waals surface area contributed by atoms with Crippen LogP contribution in [0.2, 0.25) is 0 Å². The van der Waals surface area contributed by atoms with Crippen LogP contribution >= 0.6 is 0 Å². The van der Waals surface area contributed by atoms with Crippen LogP contribution in [0.5, 0.6) is 0 Å². The van der Waals surface area contributed by atoms with Gasteiger partial charge in [-0.2, -0.15) is 0 Å². The quantitative estimate of drug-likeness (QED) is 0.0195. The van der Waals surface area contributed by atoms with E-state index in [-0.39, 0.29) is 38.6 Å². The number of carboxylic acids is 1. The van der Waals surface area contributed by atoms with Crippen LogP contribution in [0.15, 0.2) is 170 Å². The molecule has 0 aliphatic carbocycles. The first-order valence-electron chi connectivity index (χ1n) is 40.3. The lowest BCUT2D eigenvalue weighted by atomic mass is 10.0. The number of carbonyl (C=O) groups is 3. The summed E-state index contributed by atoms with van der Waals surface area (Å²) < 4.78 is 22.8. The summed E-state index contributed by atoms with van der Waals surface area (Å²) in [7, 11) is 5.91. The Hall–Kier alpha value is -5.35. The molecule has 0 fully saturated rings. The van der Waals surface area contributed by atoms with Crippen molar-refractivity contribution in [2.24, 2.45) is 0 Å². The molecule has 0 aliphatic heterocycles. The Labute approximate surface area is 609 Å². The van der Waals surface area contributed by atoms with Crippen molar-refractivity contribution in [2.45, 2.75) is 334 Å². The molecular weight excluding hydrogens is 1220 g/mol. The minimum atomic E-state index is -1.64. The summed E-state index contributed by atoms with van der Waals surface area (Å²) in [5.74, 6) is -2.35. The van der Waals surface area contributed by atoms with Crippen molar-refractivity contribution >= 4 is 17.9 Å². The summed E-state index contributed by atoms with van der Waals surface area (Å²) in [6.45, 7) is 4.48. The van der Waals surface area contributed by atoms with E-state index in [1.165, 1.54) is 167 Å².